The smallest absolute Gasteiger partial charge is 0.218 e. The SMILES string of the molecule is O=S1(=O)c2ccc(B3c4ccccc4-c4ccccc4-c4ccccc43)cc2-c2cc(B3c4ccccc4-c4ccccc4-c4ccccc43)ccc21. The first-order chi connectivity index (χ1) is 26.1. The molecule has 8 aromatic carbocycles. The van der Waals surface area contributed by atoms with Gasteiger partial charge in [0.05, 0.1) is 9.79 Å². The summed E-state index contributed by atoms with van der Waals surface area (Å²) >= 11 is 0. The maximum Gasteiger partial charge on any atom is 0.242 e. The summed E-state index contributed by atoms with van der Waals surface area (Å²) in [7, 11) is -3.70. The standard InChI is InChI=1S/C48H30B2O2S/c51-53(52)47-27-25-31(49-43-21-9-5-17-37(43)33-13-1-2-14-34(33)38-18-6-10-22-44(38)49)29-41(47)42-30-32(26-28-48(42)53)50-45-23-11-7-19-39(45)35-15-3-4-16-36(35)40-20-8-12-24-46(40)50/h1-30H. The van der Waals surface area contributed by atoms with Crippen molar-refractivity contribution in [3.63, 3.8) is 0 Å². The van der Waals surface area contributed by atoms with Gasteiger partial charge in [0, 0.05) is 11.1 Å². The first-order valence-electron chi connectivity index (χ1n) is 18.2. The lowest BCUT2D eigenvalue weighted by Gasteiger charge is -2.20. The molecule has 0 spiro atoms. The van der Waals surface area contributed by atoms with E-state index in [1.54, 1.807) is 0 Å². The summed E-state index contributed by atoms with van der Waals surface area (Å²) in [4.78, 5) is 0.752. The van der Waals surface area contributed by atoms with Crippen LogP contribution in [-0.4, -0.2) is 21.8 Å². The van der Waals surface area contributed by atoms with Crippen molar-refractivity contribution >= 4 is 56.0 Å². The molecule has 0 fully saturated rings. The molecule has 2 nitrogen and oxygen atoms in total. The van der Waals surface area contributed by atoms with E-state index >= 15 is 0 Å². The largest absolute Gasteiger partial charge is 0.242 e. The van der Waals surface area contributed by atoms with Crippen molar-refractivity contribution in [3.05, 3.63) is 182 Å². The highest BCUT2D eigenvalue weighted by Gasteiger charge is 2.38. The van der Waals surface area contributed by atoms with Crippen LogP contribution in [0.25, 0.3) is 55.6 Å². The summed E-state index contributed by atoms with van der Waals surface area (Å²) < 4.78 is 28.5. The molecule has 0 aromatic heterocycles. The van der Waals surface area contributed by atoms with Gasteiger partial charge in [0.2, 0.25) is 23.3 Å². The minimum Gasteiger partial charge on any atom is -0.218 e. The lowest BCUT2D eigenvalue weighted by molar-refractivity contribution is 0.598. The minimum atomic E-state index is -3.70. The van der Waals surface area contributed by atoms with Gasteiger partial charge in [-0.3, -0.25) is 0 Å². The van der Waals surface area contributed by atoms with E-state index < -0.39 is 9.84 Å². The maximum absolute atomic E-state index is 14.3. The highest BCUT2D eigenvalue weighted by molar-refractivity contribution is 7.92. The Bertz CT molecular complexity index is 2620. The van der Waals surface area contributed by atoms with Gasteiger partial charge in [0.15, 0.2) is 0 Å². The molecule has 0 radical (unpaired) electrons. The Morgan fingerprint density at radius 3 is 0.849 bits per heavy atom. The fourth-order valence-electron chi connectivity index (χ4n) is 9.40. The molecule has 3 heterocycles. The molecule has 0 aliphatic carbocycles. The van der Waals surface area contributed by atoms with Crippen LogP contribution in [0.3, 0.4) is 0 Å². The summed E-state index contributed by atoms with van der Waals surface area (Å²) in [6, 6.07) is 64.0. The van der Waals surface area contributed by atoms with Crippen molar-refractivity contribution in [1.82, 2.24) is 0 Å². The van der Waals surface area contributed by atoms with Crippen LogP contribution >= 0.6 is 0 Å². The van der Waals surface area contributed by atoms with E-state index in [9.17, 15) is 8.42 Å². The number of fused-ring (bicyclic) bond motifs is 13. The van der Waals surface area contributed by atoms with Crippen LogP contribution in [0, 0.1) is 0 Å². The first-order valence-corrected chi connectivity index (χ1v) is 19.6. The summed E-state index contributed by atoms with van der Waals surface area (Å²) in [5.41, 5.74) is 18.2. The quantitative estimate of drug-likeness (QED) is 0.187. The van der Waals surface area contributed by atoms with Crippen molar-refractivity contribution < 1.29 is 8.42 Å². The average molecular weight is 692 g/mol. The predicted molar refractivity (Wildman–Crippen MR) is 221 cm³/mol. The summed E-state index contributed by atoms with van der Waals surface area (Å²) in [5.74, 6) is 0. The lowest BCUT2D eigenvalue weighted by Crippen LogP contribution is -2.53. The lowest BCUT2D eigenvalue weighted by atomic mass is 9.35. The predicted octanol–water partition coefficient (Wildman–Crippen LogP) is 6.83. The first kappa shape index (κ1) is 30.5. The van der Waals surface area contributed by atoms with Crippen LogP contribution in [-0.2, 0) is 9.84 Å². The topological polar surface area (TPSA) is 34.1 Å². The Kier molecular flexibility index (Phi) is 6.56. The summed E-state index contributed by atoms with van der Waals surface area (Å²) in [5, 5.41) is 0. The molecule has 11 rings (SSSR count). The van der Waals surface area contributed by atoms with Gasteiger partial charge in [-0.1, -0.05) is 203 Å². The molecule has 0 unspecified atom stereocenters. The van der Waals surface area contributed by atoms with Crippen LogP contribution < -0.4 is 32.8 Å². The molecule has 0 atom stereocenters. The molecule has 8 aromatic rings. The van der Waals surface area contributed by atoms with E-state index in [0.29, 0.717) is 9.79 Å². The van der Waals surface area contributed by atoms with Crippen LogP contribution in [0.4, 0.5) is 0 Å². The van der Waals surface area contributed by atoms with Crippen LogP contribution in [0.15, 0.2) is 192 Å². The number of benzene rings is 8. The van der Waals surface area contributed by atoms with Crippen molar-refractivity contribution in [2.75, 3.05) is 0 Å². The van der Waals surface area contributed by atoms with Gasteiger partial charge < -0.3 is 0 Å². The van der Waals surface area contributed by atoms with Crippen molar-refractivity contribution in [1.29, 1.82) is 0 Å². The van der Waals surface area contributed by atoms with Crippen molar-refractivity contribution in [2.45, 2.75) is 9.79 Å². The molecule has 0 saturated carbocycles. The van der Waals surface area contributed by atoms with Crippen LogP contribution in [0.2, 0.25) is 0 Å². The molecular weight excluding hydrogens is 662 g/mol. The molecule has 0 saturated heterocycles. The molecule has 5 heteroatoms. The van der Waals surface area contributed by atoms with E-state index in [4.69, 9.17) is 0 Å². The molecule has 0 N–H and O–H groups in total. The Labute approximate surface area is 310 Å². The molecule has 246 valence electrons. The van der Waals surface area contributed by atoms with Gasteiger partial charge in [-0.2, -0.15) is 0 Å². The second kappa shape index (κ2) is 11.4. The Hall–Kier alpha value is -6.16. The van der Waals surface area contributed by atoms with Crippen molar-refractivity contribution in [2.24, 2.45) is 0 Å². The number of hydrogen-bond donors (Lipinski definition) is 0. The molecule has 3 aliphatic heterocycles. The zero-order valence-corrected chi connectivity index (χ0v) is 29.5. The molecule has 0 bridgehead atoms. The Morgan fingerprint density at radius 2 is 0.547 bits per heavy atom. The average Bonchev–Trinajstić information content (AvgIpc) is 3.30. The zero-order chi connectivity index (χ0) is 35.3. The van der Waals surface area contributed by atoms with E-state index in [1.165, 1.54) is 66.4 Å². The molecule has 0 amide bonds. The monoisotopic (exact) mass is 692 g/mol. The van der Waals surface area contributed by atoms with E-state index in [-0.39, 0.29) is 13.4 Å². The normalized spacial score (nSPS) is 13.9. The van der Waals surface area contributed by atoms with Gasteiger partial charge in [-0.05, 0) is 56.6 Å². The summed E-state index contributed by atoms with van der Waals surface area (Å²) in [6.45, 7) is -0.177. The maximum atomic E-state index is 14.3. The minimum absolute atomic E-state index is 0.0887. The zero-order valence-electron chi connectivity index (χ0n) is 28.7. The second-order valence-corrected chi connectivity index (χ2v) is 16.2. The van der Waals surface area contributed by atoms with Crippen LogP contribution in [0.1, 0.15) is 0 Å². The summed E-state index contributed by atoms with van der Waals surface area (Å²) in [6.07, 6.45) is 0. The van der Waals surface area contributed by atoms with E-state index in [2.05, 4.69) is 158 Å². The third kappa shape index (κ3) is 4.38. The highest BCUT2D eigenvalue weighted by Crippen LogP contribution is 2.43. The van der Waals surface area contributed by atoms with Crippen molar-refractivity contribution in [3.8, 4) is 55.6 Å². The highest BCUT2D eigenvalue weighted by atomic mass is 32.2. The Morgan fingerprint density at radius 1 is 0.283 bits per heavy atom. The third-order valence-electron chi connectivity index (χ3n) is 11.6. The Balaban J connectivity index is 1.13. The molecule has 53 heavy (non-hydrogen) atoms. The third-order valence-corrected chi connectivity index (χ3v) is 13.5. The molecular formula is C48H30B2O2S. The molecule has 3 aliphatic rings. The van der Waals surface area contributed by atoms with Gasteiger partial charge >= 0.3 is 0 Å². The van der Waals surface area contributed by atoms with E-state index in [0.717, 1.165) is 22.1 Å². The second-order valence-electron chi connectivity index (χ2n) is 14.3. The van der Waals surface area contributed by atoms with Gasteiger partial charge in [-0.25, -0.2) is 8.42 Å². The van der Waals surface area contributed by atoms with E-state index in [1.807, 2.05) is 24.3 Å². The number of hydrogen-bond acceptors (Lipinski definition) is 2. The van der Waals surface area contributed by atoms with Gasteiger partial charge in [-0.15, -0.1) is 0 Å². The number of rotatable bonds is 2. The van der Waals surface area contributed by atoms with Gasteiger partial charge in [0.1, 0.15) is 0 Å². The fraction of sp³-hybridized carbons (Fsp3) is 0. The number of sulfone groups is 1. The van der Waals surface area contributed by atoms with Gasteiger partial charge in [0.25, 0.3) is 0 Å². The fourth-order valence-corrected chi connectivity index (χ4v) is 11.0. The van der Waals surface area contributed by atoms with Crippen LogP contribution in [0.5, 0.6) is 0 Å².